The minimum Gasteiger partial charge on any atom is -0.387 e. The molecule has 2 aromatic carbocycles. The molecule has 0 amide bonds. The molecule has 0 aromatic heterocycles. The Morgan fingerprint density at radius 1 is 1.16 bits per heavy atom. The predicted octanol–water partition coefficient (Wildman–Crippen LogP) is 3.08. The van der Waals surface area contributed by atoms with Crippen molar-refractivity contribution in [2.24, 2.45) is 5.73 Å². The molecule has 0 spiro atoms. The van der Waals surface area contributed by atoms with Gasteiger partial charge < -0.3 is 10.8 Å². The molecule has 0 bridgehead atoms. The zero-order valence-corrected chi connectivity index (χ0v) is 11.0. The van der Waals surface area contributed by atoms with Gasteiger partial charge in [0.1, 0.15) is 5.82 Å². The number of hydrogen-bond acceptors (Lipinski definition) is 2. The minimum atomic E-state index is -0.923. The van der Waals surface area contributed by atoms with Crippen molar-refractivity contribution in [2.75, 3.05) is 0 Å². The second-order valence-electron chi connectivity index (χ2n) is 4.46. The minimum absolute atomic E-state index is 0.191. The van der Waals surface area contributed by atoms with Gasteiger partial charge in [-0.2, -0.15) is 0 Å². The molecule has 2 atom stereocenters. The van der Waals surface area contributed by atoms with E-state index >= 15 is 0 Å². The maximum absolute atomic E-state index is 13.0. The van der Waals surface area contributed by atoms with Crippen molar-refractivity contribution in [3.05, 3.63) is 70.5 Å². The van der Waals surface area contributed by atoms with E-state index in [1.54, 1.807) is 0 Å². The van der Waals surface area contributed by atoms with Gasteiger partial charge in [0.15, 0.2) is 0 Å². The van der Waals surface area contributed by atoms with Crippen molar-refractivity contribution in [1.29, 1.82) is 0 Å². The van der Waals surface area contributed by atoms with Crippen molar-refractivity contribution < 1.29 is 9.50 Å². The lowest BCUT2D eigenvalue weighted by Gasteiger charge is -2.20. The van der Waals surface area contributed by atoms with Crippen LogP contribution in [-0.2, 0) is 6.42 Å². The number of aliphatic hydroxyl groups excluding tert-OH is 1. The third-order valence-corrected chi connectivity index (χ3v) is 3.33. The number of benzene rings is 2. The number of aliphatic hydroxyl groups is 1. The molecule has 3 N–H and O–H groups in total. The third kappa shape index (κ3) is 3.53. The molecule has 4 heteroatoms. The fraction of sp³-hybridized carbons (Fsp3) is 0.200. The summed E-state index contributed by atoms with van der Waals surface area (Å²) < 4.78 is 13.0. The summed E-state index contributed by atoms with van der Waals surface area (Å²) in [4.78, 5) is 0. The van der Waals surface area contributed by atoms with E-state index in [-0.39, 0.29) is 5.02 Å². The van der Waals surface area contributed by atoms with E-state index in [0.29, 0.717) is 12.0 Å². The number of halogens is 2. The monoisotopic (exact) mass is 279 g/mol. The van der Waals surface area contributed by atoms with Crippen molar-refractivity contribution in [3.63, 3.8) is 0 Å². The zero-order valence-electron chi connectivity index (χ0n) is 10.3. The lowest BCUT2D eigenvalue weighted by molar-refractivity contribution is 0.146. The number of rotatable bonds is 4. The summed E-state index contributed by atoms with van der Waals surface area (Å²) in [5, 5.41) is 10.4. The molecule has 0 aliphatic heterocycles. The highest BCUT2D eigenvalue weighted by atomic mass is 35.5. The third-order valence-electron chi connectivity index (χ3n) is 3.00. The van der Waals surface area contributed by atoms with Crippen molar-refractivity contribution in [2.45, 2.75) is 18.6 Å². The van der Waals surface area contributed by atoms with E-state index in [1.807, 2.05) is 30.3 Å². The molecule has 0 aliphatic rings. The van der Waals surface area contributed by atoms with Gasteiger partial charge in [-0.3, -0.25) is 0 Å². The molecular weight excluding hydrogens is 265 g/mol. The molecule has 2 rings (SSSR count). The van der Waals surface area contributed by atoms with E-state index < -0.39 is 18.0 Å². The zero-order chi connectivity index (χ0) is 13.8. The summed E-state index contributed by atoms with van der Waals surface area (Å²) in [6, 6.07) is 13.0. The van der Waals surface area contributed by atoms with E-state index in [2.05, 4.69) is 0 Å². The average Bonchev–Trinajstić information content (AvgIpc) is 2.39. The number of nitrogens with two attached hydrogens (primary N) is 1. The Hall–Kier alpha value is -1.42. The fourth-order valence-electron chi connectivity index (χ4n) is 1.97. The molecule has 0 fully saturated rings. The van der Waals surface area contributed by atoms with E-state index in [1.165, 1.54) is 18.2 Å². The first-order valence-electron chi connectivity index (χ1n) is 6.00. The summed E-state index contributed by atoms with van der Waals surface area (Å²) in [5.74, 6) is -0.433. The van der Waals surface area contributed by atoms with E-state index in [0.717, 1.165) is 5.56 Å². The standard InChI is InChI=1S/C15H15ClFNO/c16-13-9-11(17)6-7-12(13)15(19)14(18)8-10-4-2-1-3-5-10/h1-7,9,14-15,19H,8,18H2. The van der Waals surface area contributed by atoms with Gasteiger partial charge in [0, 0.05) is 16.6 Å². The lowest BCUT2D eigenvalue weighted by atomic mass is 9.97. The lowest BCUT2D eigenvalue weighted by Crippen LogP contribution is -2.30. The summed E-state index contributed by atoms with van der Waals surface area (Å²) in [6.07, 6.45) is -0.399. The van der Waals surface area contributed by atoms with Crippen LogP contribution in [0.5, 0.6) is 0 Å². The largest absolute Gasteiger partial charge is 0.387 e. The Morgan fingerprint density at radius 2 is 1.84 bits per heavy atom. The maximum Gasteiger partial charge on any atom is 0.124 e. The Bertz CT molecular complexity index is 547. The van der Waals surface area contributed by atoms with Gasteiger partial charge in [0.2, 0.25) is 0 Å². The van der Waals surface area contributed by atoms with Crippen LogP contribution in [0.3, 0.4) is 0 Å². The Kier molecular flexibility index (Phi) is 4.53. The quantitative estimate of drug-likeness (QED) is 0.903. The molecule has 0 aliphatic carbocycles. The van der Waals surface area contributed by atoms with Gasteiger partial charge in [-0.05, 0) is 24.1 Å². The first-order valence-corrected chi connectivity index (χ1v) is 6.38. The first-order chi connectivity index (χ1) is 9.08. The van der Waals surface area contributed by atoms with Crippen molar-refractivity contribution >= 4 is 11.6 Å². The second kappa shape index (κ2) is 6.15. The van der Waals surface area contributed by atoms with Crippen molar-refractivity contribution in [3.8, 4) is 0 Å². The molecule has 19 heavy (non-hydrogen) atoms. The highest BCUT2D eigenvalue weighted by molar-refractivity contribution is 6.31. The van der Waals surface area contributed by atoms with Crippen LogP contribution < -0.4 is 5.73 Å². The summed E-state index contributed by atoms with van der Waals surface area (Å²) in [5.41, 5.74) is 7.47. The van der Waals surface area contributed by atoms with Gasteiger partial charge in [-0.1, -0.05) is 48.0 Å². The molecule has 0 saturated heterocycles. The van der Waals surface area contributed by atoms with Crippen LogP contribution in [0, 0.1) is 5.82 Å². The summed E-state index contributed by atoms with van der Waals surface area (Å²) in [7, 11) is 0. The van der Waals surface area contributed by atoms with Gasteiger partial charge in [0.05, 0.1) is 6.10 Å². The van der Waals surface area contributed by atoms with Gasteiger partial charge in [0.25, 0.3) is 0 Å². The molecule has 2 nitrogen and oxygen atoms in total. The second-order valence-corrected chi connectivity index (χ2v) is 4.87. The van der Waals surface area contributed by atoms with Crippen LogP contribution in [0.2, 0.25) is 5.02 Å². The van der Waals surface area contributed by atoms with Crippen LogP contribution in [0.4, 0.5) is 4.39 Å². The predicted molar refractivity (Wildman–Crippen MR) is 74.5 cm³/mol. The molecule has 100 valence electrons. The van der Waals surface area contributed by atoms with Crippen molar-refractivity contribution in [1.82, 2.24) is 0 Å². The SMILES string of the molecule is NC(Cc1ccccc1)C(O)c1ccc(F)cc1Cl. The Balaban J connectivity index is 2.12. The van der Waals surface area contributed by atoms with E-state index in [9.17, 15) is 9.50 Å². The summed E-state index contributed by atoms with van der Waals surface area (Å²) >= 11 is 5.92. The normalized spacial score (nSPS) is 14.1. The topological polar surface area (TPSA) is 46.2 Å². The van der Waals surface area contributed by atoms with Crippen LogP contribution in [-0.4, -0.2) is 11.1 Å². The van der Waals surface area contributed by atoms with Crippen LogP contribution in [0.1, 0.15) is 17.2 Å². The van der Waals surface area contributed by atoms with Gasteiger partial charge >= 0.3 is 0 Å². The Labute approximate surface area is 116 Å². The van der Waals surface area contributed by atoms with E-state index in [4.69, 9.17) is 17.3 Å². The van der Waals surface area contributed by atoms with Crippen LogP contribution in [0.25, 0.3) is 0 Å². The fourth-order valence-corrected chi connectivity index (χ4v) is 2.25. The molecule has 0 heterocycles. The molecule has 0 radical (unpaired) electrons. The Morgan fingerprint density at radius 3 is 2.47 bits per heavy atom. The van der Waals surface area contributed by atoms with Crippen LogP contribution in [0.15, 0.2) is 48.5 Å². The van der Waals surface area contributed by atoms with Crippen LogP contribution >= 0.6 is 11.6 Å². The maximum atomic E-state index is 13.0. The summed E-state index contributed by atoms with van der Waals surface area (Å²) in [6.45, 7) is 0. The average molecular weight is 280 g/mol. The highest BCUT2D eigenvalue weighted by Gasteiger charge is 2.20. The molecule has 0 saturated carbocycles. The smallest absolute Gasteiger partial charge is 0.124 e. The molecule has 2 aromatic rings. The first kappa shape index (κ1) is 14.0. The molecule has 2 unspecified atom stereocenters. The molecular formula is C15H15ClFNO. The highest BCUT2D eigenvalue weighted by Crippen LogP contribution is 2.26. The van der Waals surface area contributed by atoms with Gasteiger partial charge in [-0.15, -0.1) is 0 Å². The van der Waals surface area contributed by atoms with Gasteiger partial charge in [-0.25, -0.2) is 4.39 Å². The number of hydrogen-bond donors (Lipinski definition) is 2.